The van der Waals surface area contributed by atoms with Crippen molar-refractivity contribution in [2.24, 2.45) is 0 Å². The van der Waals surface area contributed by atoms with Crippen molar-refractivity contribution < 1.29 is 27.6 Å². The second-order valence-electron chi connectivity index (χ2n) is 2.80. The van der Waals surface area contributed by atoms with E-state index >= 15 is 0 Å². The quantitative estimate of drug-likeness (QED) is 0.516. The first-order chi connectivity index (χ1) is 8.11. The van der Waals surface area contributed by atoms with Crippen LogP contribution in [-0.4, -0.2) is 21.5 Å². The van der Waals surface area contributed by atoms with E-state index in [0.29, 0.717) is 0 Å². The Kier molecular flexibility index (Phi) is 3.60. The van der Waals surface area contributed by atoms with Crippen molar-refractivity contribution in [2.75, 3.05) is 0 Å². The van der Waals surface area contributed by atoms with Crippen molar-refractivity contribution in [1.29, 1.82) is 0 Å². The molecule has 1 aromatic rings. The Labute approximate surface area is 100 Å². The third kappa shape index (κ3) is 3.20. The number of H-pyrrole nitrogens is 1. The largest absolute Gasteiger partial charge is 0.573 e. The number of pyridine rings is 1. The molecule has 98 valence electrons. The van der Waals surface area contributed by atoms with Crippen LogP contribution in [0.1, 0.15) is 10.4 Å². The first-order valence-corrected chi connectivity index (χ1v) is 4.37. The molecule has 0 spiro atoms. The van der Waals surface area contributed by atoms with Crippen molar-refractivity contribution in [3.8, 4) is 5.75 Å². The zero-order chi connectivity index (χ0) is 14.1. The lowest BCUT2D eigenvalue weighted by atomic mass is 10.2. The molecule has 0 aliphatic heterocycles. The highest BCUT2D eigenvalue weighted by Gasteiger charge is 2.36. The van der Waals surface area contributed by atoms with Gasteiger partial charge in [0.2, 0.25) is 0 Å². The first kappa shape index (κ1) is 14.0. The molecule has 0 unspecified atom stereocenters. The van der Waals surface area contributed by atoms with Crippen LogP contribution in [0.15, 0.2) is 10.9 Å². The maximum absolute atomic E-state index is 12.0. The Morgan fingerprint density at radius 2 is 2.06 bits per heavy atom. The summed E-state index contributed by atoms with van der Waals surface area (Å²) in [5, 5.41) is 8.91. The van der Waals surface area contributed by atoms with Gasteiger partial charge in [0.25, 0.3) is 5.24 Å². The van der Waals surface area contributed by atoms with Gasteiger partial charge in [-0.1, -0.05) is 0 Å². The van der Waals surface area contributed by atoms with Crippen molar-refractivity contribution in [2.45, 2.75) is 6.36 Å². The minimum atomic E-state index is -5.23. The Balaban J connectivity index is 3.54. The highest BCUT2D eigenvalue weighted by molar-refractivity contribution is 6.68. The summed E-state index contributed by atoms with van der Waals surface area (Å²) in [4.78, 5) is 32.6. The van der Waals surface area contributed by atoms with Crippen LogP contribution in [0.4, 0.5) is 19.0 Å². The van der Waals surface area contributed by atoms with Gasteiger partial charge >= 0.3 is 17.7 Å². The maximum atomic E-state index is 12.0. The topological polar surface area (TPSA) is 102 Å². The van der Waals surface area contributed by atoms with Gasteiger partial charge in [-0.25, -0.2) is 9.78 Å². The summed E-state index contributed by atoms with van der Waals surface area (Å²) in [5.74, 6) is -2.61. The predicted octanol–water partition coefficient (Wildman–Crippen LogP) is 1.56. The van der Waals surface area contributed by atoms with Gasteiger partial charge in [0.15, 0.2) is 11.3 Å². The Morgan fingerprint density at radius 1 is 1.50 bits per heavy atom. The number of aromatic amines is 1. The number of aromatic nitrogens is 1. The van der Waals surface area contributed by atoms with E-state index in [1.165, 1.54) is 0 Å². The number of nitrogens with zero attached hydrogens (tertiary/aromatic N) is 1. The molecule has 0 fully saturated rings. The highest BCUT2D eigenvalue weighted by Crippen LogP contribution is 2.30. The number of nitro groups is 1. The highest BCUT2D eigenvalue weighted by atomic mass is 35.5. The van der Waals surface area contributed by atoms with E-state index in [-0.39, 0.29) is 6.07 Å². The van der Waals surface area contributed by atoms with E-state index in [2.05, 4.69) is 4.74 Å². The number of hydrogen-bond donors (Lipinski definition) is 1. The van der Waals surface area contributed by atoms with E-state index in [1.54, 1.807) is 4.98 Å². The second kappa shape index (κ2) is 4.64. The zero-order valence-electron chi connectivity index (χ0n) is 8.08. The SMILES string of the molecule is O=C(Cl)c1c(OC(F)(F)F)cc(=O)[nH]c1[N+](=O)[O-]. The minimum absolute atomic E-state index is 0.232. The molecule has 0 saturated heterocycles. The standard InChI is InChI=1S/C7H2ClF3N2O5/c8-5(15)4-2(18-7(9,10)11)1-3(14)12-6(4)13(16)17/h1H,(H,12,14). The van der Waals surface area contributed by atoms with Crippen LogP contribution in [0, 0.1) is 10.1 Å². The molecule has 0 aromatic carbocycles. The van der Waals surface area contributed by atoms with Crippen molar-refractivity contribution in [3.63, 3.8) is 0 Å². The monoisotopic (exact) mass is 286 g/mol. The van der Waals surface area contributed by atoms with Crippen molar-refractivity contribution >= 4 is 22.7 Å². The maximum Gasteiger partial charge on any atom is 0.573 e. The van der Waals surface area contributed by atoms with Gasteiger partial charge in [0, 0.05) is 0 Å². The lowest BCUT2D eigenvalue weighted by molar-refractivity contribution is -0.390. The fourth-order valence-electron chi connectivity index (χ4n) is 1.06. The van der Waals surface area contributed by atoms with Crippen LogP contribution in [0.5, 0.6) is 5.75 Å². The smallest absolute Gasteiger partial charge is 0.404 e. The number of rotatable bonds is 3. The van der Waals surface area contributed by atoms with Crippen LogP contribution in [-0.2, 0) is 0 Å². The van der Waals surface area contributed by atoms with E-state index in [0.717, 1.165) is 0 Å². The lowest BCUT2D eigenvalue weighted by Gasteiger charge is -2.10. The van der Waals surface area contributed by atoms with E-state index in [9.17, 15) is 32.9 Å². The van der Waals surface area contributed by atoms with Gasteiger partial charge in [-0.2, -0.15) is 0 Å². The molecule has 0 atom stereocenters. The summed E-state index contributed by atoms with van der Waals surface area (Å²) >= 11 is 4.93. The summed E-state index contributed by atoms with van der Waals surface area (Å²) in [7, 11) is 0. The lowest BCUT2D eigenvalue weighted by Crippen LogP contribution is -2.22. The zero-order valence-corrected chi connectivity index (χ0v) is 8.83. The molecule has 1 heterocycles. The molecule has 0 aliphatic carbocycles. The third-order valence-corrected chi connectivity index (χ3v) is 1.78. The number of ether oxygens (including phenoxy) is 1. The van der Waals surface area contributed by atoms with Gasteiger partial charge < -0.3 is 14.9 Å². The molecule has 1 rings (SSSR count). The van der Waals surface area contributed by atoms with Crippen LogP contribution in [0.2, 0.25) is 0 Å². The van der Waals surface area contributed by atoms with Gasteiger partial charge in [-0.15, -0.1) is 13.2 Å². The van der Waals surface area contributed by atoms with Crippen LogP contribution < -0.4 is 10.3 Å². The van der Waals surface area contributed by atoms with Gasteiger partial charge in [0.1, 0.15) is 0 Å². The van der Waals surface area contributed by atoms with E-state index in [4.69, 9.17) is 11.6 Å². The van der Waals surface area contributed by atoms with E-state index < -0.39 is 39.2 Å². The molecule has 11 heteroatoms. The predicted molar refractivity (Wildman–Crippen MR) is 50.6 cm³/mol. The molecule has 0 bridgehead atoms. The number of halogens is 4. The normalized spacial score (nSPS) is 11.1. The average Bonchev–Trinajstić information content (AvgIpc) is 2.12. The number of carbonyl (C=O) groups excluding carboxylic acids is 1. The van der Waals surface area contributed by atoms with Crippen LogP contribution in [0.3, 0.4) is 0 Å². The first-order valence-electron chi connectivity index (χ1n) is 3.99. The summed E-state index contributed by atoms with van der Waals surface area (Å²) < 4.78 is 39.3. The average molecular weight is 287 g/mol. The van der Waals surface area contributed by atoms with Crippen LogP contribution >= 0.6 is 11.6 Å². The molecule has 0 amide bonds. The molecule has 1 N–H and O–H groups in total. The van der Waals surface area contributed by atoms with Gasteiger partial charge in [-0.3, -0.25) is 4.79 Å². The molecule has 7 nitrogen and oxygen atoms in total. The summed E-state index contributed by atoms with van der Waals surface area (Å²) in [6.07, 6.45) is -5.23. The molecule has 0 saturated carbocycles. The second-order valence-corrected chi connectivity index (χ2v) is 3.14. The number of hydrogen-bond acceptors (Lipinski definition) is 5. The van der Waals surface area contributed by atoms with E-state index in [1.807, 2.05) is 0 Å². The molecule has 0 aliphatic rings. The fourth-order valence-corrected chi connectivity index (χ4v) is 1.24. The molecular weight excluding hydrogens is 285 g/mol. The third-order valence-electron chi connectivity index (χ3n) is 1.59. The fraction of sp³-hybridized carbons (Fsp3) is 0.143. The molecule has 0 radical (unpaired) electrons. The number of alkyl halides is 3. The Hall–Kier alpha value is -2.10. The molecule has 18 heavy (non-hydrogen) atoms. The van der Waals surface area contributed by atoms with Crippen molar-refractivity contribution in [3.05, 3.63) is 32.1 Å². The van der Waals surface area contributed by atoms with Gasteiger partial charge in [0.05, 0.1) is 6.07 Å². The van der Waals surface area contributed by atoms with Crippen LogP contribution in [0.25, 0.3) is 0 Å². The summed E-state index contributed by atoms with van der Waals surface area (Å²) in [5.41, 5.74) is -2.43. The minimum Gasteiger partial charge on any atom is -0.404 e. The molecule has 1 aromatic heterocycles. The van der Waals surface area contributed by atoms with Crippen molar-refractivity contribution in [1.82, 2.24) is 4.98 Å². The Morgan fingerprint density at radius 3 is 2.44 bits per heavy atom. The molecular formula is C7H2ClF3N2O5. The number of carbonyl (C=O) groups is 1. The summed E-state index contributed by atoms with van der Waals surface area (Å²) in [6.45, 7) is 0. The number of nitrogens with one attached hydrogen (secondary N) is 1. The summed E-state index contributed by atoms with van der Waals surface area (Å²) in [6, 6.07) is 0.232. The van der Waals surface area contributed by atoms with Gasteiger partial charge in [-0.05, 0) is 16.5 Å². The Bertz CT molecular complexity index is 567.